The molecular formula is C16H17FN2O. The lowest BCUT2D eigenvalue weighted by Crippen LogP contribution is -2.27. The van der Waals surface area contributed by atoms with Gasteiger partial charge in [-0.15, -0.1) is 0 Å². The van der Waals surface area contributed by atoms with Crippen LogP contribution >= 0.6 is 0 Å². The molecule has 0 fully saturated rings. The van der Waals surface area contributed by atoms with Gasteiger partial charge in [0.2, 0.25) is 0 Å². The van der Waals surface area contributed by atoms with Crippen LogP contribution in [0.15, 0.2) is 48.5 Å². The van der Waals surface area contributed by atoms with Gasteiger partial charge < -0.3 is 11.1 Å². The van der Waals surface area contributed by atoms with E-state index in [1.807, 2.05) is 31.2 Å². The summed E-state index contributed by atoms with van der Waals surface area (Å²) >= 11 is 0. The predicted octanol–water partition coefficient (Wildman–Crippen LogP) is 2.78. The fourth-order valence-electron chi connectivity index (χ4n) is 1.95. The van der Waals surface area contributed by atoms with E-state index >= 15 is 0 Å². The number of nitrogens with one attached hydrogen (secondary N) is 1. The Morgan fingerprint density at radius 1 is 1.20 bits per heavy atom. The molecule has 0 spiro atoms. The Morgan fingerprint density at radius 3 is 2.45 bits per heavy atom. The van der Waals surface area contributed by atoms with E-state index in [4.69, 9.17) is 5.73 Å². The molecule has 0 saturated carbocycles. The van der Waals surface area contributed by atoms with E-state index in [9.17, 15) is 9.18 Å². The van der Waals surface area contributed by atoms with Crippen molar-refractivity contribution in [1.29, 1.82) is 0 Å². The molecule has 2 aromatic carbocycles. The molecule has 0 aliphatic rings. The van der Waals surface area contributed by atoms with Gasteiger partial charge in [-0.3, -0.25) is 4.79 Å². The highest BCUT2D eigenvalue weighted by Gasteiger charge is 2.14. The van der Waals surface area contributed by atoms with Gasteiger partial charge in [0.25, 0.3) is 5.91 Å². The highest BCUT2D eigenvalue weighted by atomic mass is 19.1. The number of rotatable bonds is 4. The molecule has 0 saturated heterocycles. The van der Waals surface area contributed by atoms with Crippen molar-refractivity contribution in [3.8, 4) is 0 Å². The standard InChI is InChI=1S/C16H17FN2O/c1-11(13-8-6-12(10-18)7-9-13)19-16(20)14-4-2-3-5-15(14)17/h2-9,11H,10,18H2,1H3,(H,19,20). The van der Waals surface area contributed by atoms with Gasteiger partial charge in [0.15, 0.2) is 0 Å². The molecule has 3 N–H and O–H groups in total. The molecule has 0 heterocycles. The number of carbonyl (C=O) groups is 1. The van der Waals surface area contributed by atoms with Gasteiger partial charge in [0, 0.05) is 6.54 Å². The quantitative estimate of drug-likeness (QED) is 0.899. The molecule has 2 rings (SSSR count). The van der Waals surface area contributed by atoms with E-state index in [1.165, 1.54) is 12.1 Å². The maximum absolute atomic E-state index is 13.5. The van der Waals surface area contributed by atoms with E-state index in [2.05, 4.69) is 5.32 Å². The van der Waals surface area contributed by atoms with Crippen molar-refractivity contribution in [2.45, 2.75) is 19.5 Å². The summed E-state index contributed by atoms with van der Waals surface area (Å²) in [4.78, 5) is 12.0. The Labute approximate surface area is 117 Å². The summed E-state index contributed by atoms with van der Waals surface area (Å²) in [5.41, 5.74) is 7.57. The van der Waals surface area contributed by atoms with E-state index in [0.29, 0.717) is 6.54 Å². The van der Waals surface area contributed by atoms with Gasteiger partial charge in [0.05, 0.1) is 11.6 Å². The van der Waals surface area contributed by atoms with E-state index in [0.717, 1.165) is 11.1 Å². The SMILES string of the molecule is CC(NC(=O)c1ccccc1F)c1ccc(CN)cc1. The molecule has 1 atom stereocenters. The normalized spacial score (nSPS) is 11.9. The highest BCUT2D eigenvalue weighted by molar-refractivity contribution is 5.94. The third-order valence-electron chi connectivity index (χ3n) is 3.18. The van der Waals surface area contributed by atoms with E-state index in [-0.39, 0.29) is 11.6 Å². The molecule has 0 aliphatic heterocycles. The van der Waals surface area contributed by atoms with Gasteiger partial charge in [-0.25, -0.2) is 4.39 Å². The number of halogens is 1. The lowest BCUT2D eigenvalue weighted by Gasteiger charge is -2.15. The van der Waals surface area contributed by atoms with Crippen LogP contribution in [-0.2, 0) is 6.54 Å². The van der Waals surface area contributed by atoms with Gasteiger partial charge in [-0.1, -0.05) is 36.4 Å². The van der Waals surface area contributed by atoms with Crippen LogP contribution in [0.4, 0.5) is 4.39 Å². The number of nitrogens with two attached hydrogens (primary N) is 1. The summed E-state index contributed by atoms with van der Waals surface area (Å²) in [5.74, 6) is -0.936. The molecular weight excluding hydrogens is 255 g/mol. The van der Waals surface area contributed by atoms with Crippen molar-refractivity contribution >= 4 is 5.91 Å². The largest absolute Gasteiger partial charge is 0.345 e. The first-order valence-electron chi connectivity index (χ1n) is 6.46. The molecule has 3 nitrogen and oxygen atoms in total. The summed E-state index contributed by atoms with van der Waals surface area (Å²) < 4.78 is 13.5. The zero-order chi connectivity index (χ0) is 14.5. The number of carbonyl (C=O) groups excluding carboxylic acids is 1. The van der Waals surface area contributed by atoms with Crippen LogP contribution in [0.2, 0.25) is 0 Å². The van der Waals surface area contributed by atoms with Crippen LogP contribution in [0.3, 0.4) is 0 Å². The fraction of sp³-hybridized carbons (Fsp3) is 0.188. The summed E-state index contributed by atoms with van der Waals surface area (Å²) in [5, 5.41) is 2.78. The number of amides is 1. The molecule has 2 aromatic rings. The van der Waals surface area contributed by atoms with Crippen LogP contribution in [-0.4, -0.2) is 5.91 Å². The topological polar surface area (TPSA) is 55.1 Å². The second-order valence-corrected chi connectivity index (χ2v) is 4.62. The summed E-state index contributed by atoms with van der Waals surface area (Å²) in [7, 11) is 0. The van der Waals surface area contributed by atoms with Gasteiger partial charge in [-0.05, 0) is 30.2 Å². The summed E-state index contributed by atoms with van der Waals surface area (Å²) in [6.07, 6.45) is 0. The van der Waals surface area contributed by atoms with Crippen LogP contribution < -0.4 is 11.1 Å². The molecule has 0 bridgehead atoms. The van der Waals surface area contributed by atoms with Crippen LogP contribution in [0.25, 0.3) is 0 Å². The minimum atomic E-state index is -0.518. The molecule has 104 valence electrons. The molecule has 0 aromatic heterocycles. The molecule has 0 aliphatic carbocycles. The minimum absolute atomic E-state index is 0.0536. The third kappa shape index (κ3) is 3.22. The van der Waals surface area contributed by atoms with Gasteiger partial charge in [0.1, 0.15) is 5.82 Å². The van der Waals surface area contributed by atoms with Crippen molar-refractivity contribution in [1.82, 2.24) is 5.32 Å². The zero-order valence-electron chi connectivity index (χ0n) is 11.3. The zero-order valence-corrected chi connectivity index (χ0v) is 11.3. The van der Waals surface area contributed by atoms with Gasteiger partial charge >= 0.3 is 0 Å². The number of benzene rings is 2. The smallest absolute Gasteiger partial charge is 0.254 e. The van der Waals surface area contributed by atoms with Crippen molar-refractivity contribution in [3.05, 3.63) is 71.0 Å². The van der Waals surface area contributed by atoms with Crippen molar-refractivity contribution in [3.63, 3.8) is 0 Å². The Hall–Kier alpha value is -2.20. The first-order chi connectivity index (χ1) is 9.61. The first-order valence-corrected chi connectivity index (χ1v) is 6.46. The maximum Gasteiger partial charge on any atom is 0.254 e. The monoisotopic (exact) mass is 272 g/mol. The Balaban J connectivity index is 2.09. The molecule has 0 radical (unpaired) electrons. The highest BCUT2D eigenvalue weighted by Crippen LogP contribution is 2.15. The molecule has 1 amide bonds. The van der Waals surface area contributed by atoms with Crippen molar-refractivity contribution in [2.75, 3.05) is 0 Å². The lowest BCUT2D eigenvalue weighted by molar-refractivity contribution is 0.0936. The number of hydrogen-bond acceptors (Lipinski definition) is 2. The van der Waals surface area contributed by atoms with Crippen LogP contribution in [0.1, 0.15) is 34.5 Å². The Morgan fingerprint density at radius 2 is 1.85 bits per heavy atom. The third-order valence-corrected chi connectivity index (χ3v) is 3.18. The fourth-order valence-corrected chi connectivity index (χ4v) is 1.95. The van der Waals surface area contributed by atoms with E-state index in [1.54, 1.807) is 12.1 Å². The first kappa shape index (κ1) is 14.2. The molecule has 4 heteroatoms. The van der Waals surface area contributed by atoms with Crippen molar-refractivity contribution in [2.24, 2.45) is 5.73 Å². The molecule has 20 heavy (non-hydrogen) atoms. The molecule has 1 unspecified atom stereocenters. The van der Waals surface area contributed by atoms with Crippen LogP contribution in [0, 0.1) is 5.82 Å². The number of hydrogen-bond donors (Lipinski definition) is 2. The Kier molecular flexibility index (Phi) is 4.48. The average Bonchev–Trinajstić information content (AvgIpc) is 2.47. The maximum atomic E-state index is 13.5. The van der Waals surface area contributed by atoms with Crippen molar-refractivity contribution < 1.29 is 9.18 Å². The minimum Gasteiger partial charge on any atom is -0.345 e. The Bertz CT molecular complexity index is 596. The van der Waals surface area contributed by atoms with Gasteiger partial charge in [-0.2, -0.15) is 0 Å². The van der Waals surface area contributed by atoms with E-state index < -0.39 is 11.7 Å². The summed E-state index contributed by atoms with van der Waals surface area (Å²) in [6, 6.07) is 13.4. The second-order valence-electron chi connectivity index (χ2n) is 4.62. The lowest BCUT2D eigenvalue weighted by atomic mass is 10.1. The summed E-state index contributed by atoms with van der Waals surface area (Å²) in [6.45, 7) is 2.34. The predicted molar refractivity (Wildman–Crippen MR) is 76.6 cm³/mol. The second kappa shape index (κ2) is 6.30. The van der Waals surface area contributed by atoms with Crippen LogP contribution in [0.5, 0.6) is 0 Å². The average molecular weight is 272 g/mol.